The summed E-state index contributed by atoms with van der Waals surface area (Å²) in [5.41, 5.74) is -4.31. The minimum Gasteiger partial charge on any atom is -0.465 e. The van der Waals surface area contributed by atoms with Gasteiger partial charge >= 0.3 is 11.5 Å². The third kappa shape index (κ3) is 4.03. The lowest BCUT2D eigenvalue weighted by Crippen LogP contribution is -2.36. The number of halogens is 3. The molecule has 110 valence electrons. The van der Waals surface area contributed by atoms with Crippen LogP contribution in [0.4, 0.5) is 13.2 Å². The molecule has 1 rings (SSSR count). The van der Waals surface area contributed by atoms with Crippen LogP contribution in [0.1, 0.15) is 18.9 Å². The average Bonchev–Trinajstić information content (AvgIpc) is 2.38. The minimum atomic E-state index is -4.56. The molecule has 0 amide bonds. The molecule has 2 nitrogen and oxygen atoms in total. The molecule has 0 heterocycles. The highest BCUT2D eigenvalue weighted by Crippen LogP contribution is 2.49. The summed E-state index contributed by atoms with van der Waals surface area (Å²) in [6.07, 6.45) is 1.13. The number of hydrogen-bond acceptors (Lipinski definition) is 3. The van der Waals surface area contributed by atoms with Gasteiger partial charge in [0.15, 0.2) is 0 Å². The summed E-state index contributed by atoms with van der Waals surface area (Å²) in [7, 11) is 0. The largest absolute Gasteiger partial charge is 0.465 e. The van der Waals surface area contributed by atoms with Gasteiger partial charge in [-0.15, -0.1) is 6.58 Å². The summed E-state index contributed by atoms with van der Waals surface area (Å²) < 4.78 is 41.6. The van der Waals surface area contributed by atoms with E-state index in [0.717, 1.165) is 0 Å². The Morgan fingerprint density at radius 2 is 1.95 bits per heavy atom. The zero-order valence-electron chi connectivity index (χ0n) is 10.9. The normalized spacial score (nSPS) is 14.4. The van der Waals surface area contributed by atoms with Crippen LogP contribution >= 0.6 is 11.8 Å². The second kappa shape index (κ2) is 6.83. The van der Waals surface area contributed by atoms with Gasteiger partial charge in [-0.25, -0.2) is 0 Å². The Morgan fingerprint density at radius 1 is 1.35 bits per heavy atom. The van der Waals surface area contributed by atoms with Crippen molar-refractivity contribution in [3.05, 3.63) is 48.6 Å². The van der Waals surface area contributed by atoms with Crippen molar-refractivity contribution in [3.8, 4) is 0 Å². The van der Waals surface area contributed by atoms with Gasteiger partial charge in [-0.05, 0) is 30.7 Å². The molecule has 1 aromatic carbocycles. The van der Waals surface area contributed by atoms with E-state index in [1.807, 2.05) is 0 Å². The second-order valence-electron chi connectivity index (χ2n) is 3.95. The topological polar surface area (TPSA) is 26.3 Å². The number of rotatable bonds is 6. The van der Waals surface area contributed by atoms with Gasteiger partial charge in [0.25, 0.3) is 0 Å². The molecule has 20 heavy (non-hydrogen) atoms. The second-order valence-corrected chi connectivity index (χ2v) is 5.32. The van der Waals surface area contributed by atoms with Crippen molar-refractivity contribution in [2.45, 2.75) is 23.6 Å². The van der Waals surface area contributed by atoms with Crippen LogP contribution in [0.3, 0.4) is 0 Å². The van der Waals surface area contributed by atoms with Crippen molar-refractivity contribution >= 4 is 17.7 Å². The molecule has 0 aliphatic heterocycles. The van der Waals surface area contributed by atoms with Crippen molar-refractivity contribution < 1.29 is 22.7 Å². The molecule has 1 unspecified atom stereocenters. The van der Waals surface area contributed by atoms with Gasteiger partial charge < -0.3 is 4.74 Å². The van der Waals surface area contributed by atoms with Crippen LogP contribution in [0.2, 0.25) is 0 Å². The van der Waals surface area contributed by atoms with Crippen LogP contribution in [0.5, 0.6) is 0 Å². The van der Waals surface area contributed by atoms with Crippen LogP contribution < -0.4 is 0 Å². The highest BCUT2D eigenvalue weighted by Gasteiger charge is 2.50. The van der Waals surface area contributed by atoms with E-state index in [-0.39, 0.29) is 30.4 Å². The van der Waals surface area contributed by atoms with Crippen molar-refractivity contribution in [2.75, 3.05) is 6.61 Å². The molecule has 1 aromatic rings. The molecule has 0 N–H and O–H groups in total. The summed E-state index contributed by atoms with van der Waals surface area (Å²) in [4.78, 5) is 12.1. The summed E-state index contributed by atoms with van der Waals surface area (Å²) in [5, 5.41) is 0. The zero-order valence-corrected chi connectivity index (χ0v) is 11.8. The number of carbonyl (C=O) groups excluding carboxylic acids is 1. The van der Waals surface area contributed by atoms with E-state index in [2.05, 4.69) is 6.58 Å². The summed E-state index contributed by atoms with van der Waals surface area (Å²) in [6, 6.07) is 7.82. The number of allylic oxidation sites excluding steroid dienone is 1. The van der Waals surface area contributed by atoms with Crippen LogP contribution in [-0.2, 0) is 14.3 Å². The van der Waals surface area contributed by atoms with E-state index in [1.165, 1.54) is 18.2 Å². The SMILES string of the molecule is C=CCC(SC(F)(F)F)(C(=O)OCC)c1ccccc1. The van der Waals surface area contributed by atoms with E-state index in [4.69, 9.17) is 4.74 Å². The van der Waals surface area contributed by atoms with Crippen molar-refractivity contribution in [1.82, 2.24) is 0 Å². The lowest BCUT2D eigenvalue weighted by Gasteiger charge is -2.30. The Hall–Kier alpha value is -1.43. The number of hydrogen-bond donors (Lipinski definition) is 0. The molecule has 0 aliphatic carbocycles. The first-order chi connectivity index (χ1) is 9.35. The maximum Gasteiger partial charge on any atom is 0.443 e. The molecule has 0 aromatic heterocycles. The molecular formula is C14H15F3O2S. The van der Waals surface area contributed by atoms with Gasteiger partial charge in [-0.1, -0.05) is 36.4 Å². The fourth-order valence-electron chi connectivity index (χ4n) is 1.82. The molecule has 0 saturated heterocycles. The lowest BCUT2D eigenvalue weighted by molar-refractivity contribution is -0.146. The molecule has 0 bridgehead atoms. The Labute approximate surface area is 120 Å². The summed E-state index contributed by atoms with van der Waals surface area (Å²) in [5.74, 6) is -0.909. The predicted octanol–water partition coefficient (Wildman–Crippen LogP) is 4.27. The number of benzene rings is 1. The molecule has 0 spiro atoms. The number of alkyl halides is 3. The third-order valence-corrected chi connectivity index (χ3v) is 3.72. The van der Waals surface area contributed by atoms with Gasteiger partial charge in [0.05, 0.1) is 6.61 Å². The van der Waals surface area contributed by atoms with Crippen molar-refractivity contribution in [3.63, 3.8) is 0 Å². The number of ether oxygens (including phenoxy) is 1. The Kier molecular flexibility index (Phi) is 5.68. The maximum absolute atomic E-state index is 12.9. The molecular weight excluding hydrogens is 289 g/mol. The average molecular weight is 304 g/mol. The van der Waals surface area contributed by atoms with Crippen molar-refractivity contribution in [2.24, 2.45) is 0 Å². The van der Waals surface area contributed by atoms with Gasteiger partial charge in [0, 0.05) is 0 Å². The van der Waals surface area contributed by atoms with Gasteiger partial charge in [-0.2, -0.15) is 13.2 Å². The smallest absolute Gasteiger partial charge is 0.443 e. The lowest BCUT2D eigenvalue weighted by atomic mass is 9.94. The maximum atomic E-state index is 12.9. The summed E-state index contributed by atoms with van der Waals surface area (Å²) >= 11 is -0.371. The molecule has 1 atom stereocenters. The van der Waals surface area contributed by atoms with Crippen LogP contribution in [-0.4, -0.2) is 18.1 Å². The third-order valence-electron chi connectivity index (χ3n) is 2.57. The Bertz CT molecular complexity index is 459. The van der Waals surface area contributed by atoms with E-state index >= 15 is 0 Å². The first-order valence-electron chi connectivity index (χ1n) is 5.96. The fourth-order valence-corrected chi connectivity index (χ4v) is 2.81. The fraction of sp³-hybridized carbons (Fsp3) is 0.357. The highest BCUT2D eigenvalue weighted by atomic mass is 32.2. The Morgan fingerprint density at radius 3 is 2.40 bits per heavy atom. The van der Waals surface area contributed by atoms with Crippen molar-refractivity contribution in [1.29, 1.82) is 0 Å². The monoisotopic (exact) mass is 304 g/mol. The predicted molar refractivity (Wildman–Crippen MR) is 73.2 cm³/mol. The number of esters is 1. The van der Waals surface area contributed by atoms with Gasteiger partial charge in [-0.3, -0.25) is 4.79 Å². The van der Waals surface area contributed by atoms with Crippen LogP contribution in [0.25, 0.3) is 0 Å². The quantitative estimate of drug-likeness (QED) is 0.580. The van der Waals surface area contributed by atoms with Gasteiger partial charge in [0.1, 0.15) is 4.75 Å². The van der Waals surface area contributed by atoms with Gasteiger partial charge in [0.2, 0.25) is 0 Å². The Balaban J connectivity index is 3.33. The minimum absolute atomic E-state index is 0.0168. The van der Waals surface area contributed by atoms with Crippen LogP contribution in [0.15, 0.2) is 43.0 Å². The molecule has 0 fully saturated rings. The number of thioether (sulfide) groups is 1. The van der Waals surface area contributed by atoms with E-state index < -0.39 is 16.2 Å². The zero-order chi connectivity index (χ0) is 15.2. The van der Waals surface area contributed by atoms with E-state index in [9.17, 15) is 18.0 Å². The first-order valence-corrected chi connectivity index (χ1v) is 6.78. The number of carbonyl (C=O) groups is 1. The summed E-state index contributed by atoms with van der Waals surface area (Å²) in [6.45, 7) is 5.03. The standard InChI is InChI=1S/C14H15F3O2S/c1-3-10-13(12(18)19-4-2,20-14(15,16)17)11-8-6-5-7-9-11/h3,5-9H,1,4,10H2,2H3. The highest BCUT2D eigenvalue weighted by molar-refractivity contribution is 8.01. The van der Waals surface area contributed by atoms with E-state index in [1.54, 1.807) is 25.1 Å². The van der Waals surface area contributed by atoms with Crippen LogP contribution in [0, 0.1) is 0 Å². The molecule has 0 radical (unpaired) electrons. The first kappa shape index (κ1) is 16.6. The van der Waals surface area contributed by atoms with E-state index in [0.29, 0.717) is 0 Å². The molecule has 6 heteroatoms. The molecule has 0 aliphatic rings. The molecule has 0 saturated carbocycles.